The summed E-state index contributed by atoms with van der Waals surface area (Å²) < 4.78 is 5.01. The van der Waals surface area contributed by atoms with Crippen molar-refractivity contribution in [2.45, 2.75) is 13.3 Å². The minimum atomic E-state index is 0.466. The summed E-state index contributed by atoms with van der Waals surface area (Å²) in [7, 11) is 0. The number of nitrogens with zero attached hydrogens (tertiary/aromatic N) is 1. The minimum Gasteiger partial charge on any atom is -0.376 e. The fourth-order valence-electron chi connectivity index (χ4n) is 0.364. The zero-order chi connectivity index (χ0) is 7.11. The maximum atomic E-state index is 8.08. The first kappa shape index (κ1) is 8.19. The molecule has 2 nitrogen and oxygen atoms in total. The van der Waals surface area contributed by atoms with Gasteiger partial charge in [-0.15, -0.1) is 0 Å². The zero-order valence-corrected chi connectivity index (χ0v) is 5.68. The Morgan fingerprint density at radius 1 is 1.78 bits per heavy atom. The summed E-state index contributed by atoms with van der Waals surface area (Å²) in [4.78, 5) is 0. The molecule has 0 atom stereocenters. The summed E-state index contributed by atoms with van der Waals surface area (Å²) in [6.07, 6.45) is 0.466. The van der Waals surface area contributed by atoms with Gasteiger partial charge >= 0.3 is 0 Å². The third-order valence-corrected chi connectivity index (χ3v) is 0.707. The number of hydrogen-bond acceptors (Lipinski definition) is 2. The van der Waals surface area contributed by atoms with Gasteiger partial charge in [0.2, 0.25) is 0 Å². The molecule has 0 amide bonds. The van der Waals surface area contributed by atoms with Gasteiger partial charge in [0.15, 0.2) is 0 Å². The first-order valence-corrected chi connectivity index (χ1v) is 2.86. The molecule has 0 saturated heterocycles. The second-order valence-electron chi connectivity index (χ2n) is 1.92. The Kier molecular flexibility index (Phi) is 4.85. The number of ether oxygens (including phenoxy) is 1. The highest BCUT2D eigenvalue weighted by atomic mass is 16.5. The van der Waals surface area contributed by atoms with Gasteiger partial charge in [-0.3, -0.25) is 0 Å². The lowest BCUT2D eigenvalue weighted by Gasteiger charge is -1.97. The van der Waals surface area contributed by atoms with Crippen molar-refractivity contribution in [3.8, 4) is 6.07 Å². The molecule has 9 heavy (non-hydrogen) atoms. The van der Waals surface area contributed by atoms with E-state index in [2.05, 4.69) is 6.58 Å². The molecule has 0 aliphatic carbocycles. The van der Waals surface area contributed by atoms with E-state index in [-0.39, 0.29) is 0 Å². The van der Waals surface area contributed by atoms with E-state index in [1.807, 2.05) is 13.0 Å². The lowest BCUT2D eigenvalue weighted by atomic mass is 10.4. The minimum absolute atomic E-state index is 0.466. The standard InChI is InChI=1S/C7H11NO/c1-7(2)6-9-5-3-4-8/h1,3,5-6H2,2H3. The molecule has 0 rings (SSSR count). The summed E-state index contributed by atoms with van der Waals surface area (Å²) in [6, 6.07) is 1.99. The van der Waals surface area contributed by atoms with Crippen LogP contribution in [0.3, 0.4) is 0 Å². The smallest absolute Gasteiger partial charge is 0.0671 e. The van der Waals surface area contributed by atoms with Crippen LogP contribution in [0.25, 0.3) is 0 Å². The molecule has 0 unspecified atom stereocenters. The average Bonchev–Trinajstić information content (AvgIpc) is 1.80. The lowest BCUT2D eigenvalue weighted by Crippen LogP contribution is -1.95. The molecule has 0 bridgehead atoms. The van der Waals surface area contributed by atoms with Crippen molar-refractivity contribution in [3.05, 3.63) is 12.2 Å². The SMILES string of the molecule is C=C(C)COCCC#N. The van der Waals surface area contributed by atoms with E-state index in [9.17, 15) is 0 Å². The fraction of sp³-hybridized carbons (Fsp3) is 0.571. The molecule has 0 aromatic rings. The maximum absolute atomic E-state index is 8.08. The van der Waals surface area contributed by atoms with Crippen LogP contribution in [0.2, 0.25) is 0 Å². The molecule has 0 aliphatic rings. The second-order valence-corrected chi connectivity index (χ2v) is 1.92. The third-order valence-electron chi connectivity index (χ3n) is 0.707. The van der Waals surface area contributed by atoms with Crippen LogP contribution in [0, 0.1) is 11.3 Å². The summed E-state index contributed by atoms with van der Waals surface area (Å²) in [5.74, 6) is 0. The fourth-order valence-corrected chi connectivity index (χ4v) is 0.364. The zero-order valence-electron chi connectivity index (χ0n) is 5.68. The molecule has 0 aromatic carbocycles. The van der Waals surface area contributed by atoms with E-state index in [1.165, 1.54) is 0 Å². The molecule has 0 fully saturated rings. The Hall–Kier alpha value is -0.810. The third kappa shape index (κ3) is 7.19. The number of nitriles is 1. The van der Waals surface area contributed by atoms with Crippen molar-refractivity contribution in [3.63, 3.8) is 0 Å². The van der Waals surface area contributed by atoms with Crippen LogP contribution in [0.1, 0.15) is 13.3 Å². The van der Waals surface area contributed by atoms with Crippen molar-refractivity contribution in [1.29, 1.82) is 5.26 Å². The van der Waals surface area contributed by atoms with Gasteiger partial charge in [0.05, 0.1) is 25.7 Å². The predicted molar refractivity (Wildman–Crippen MR) is 35.9 cm³/mol. The van der Waals surface area contributed by atoms with Gasteiger partial charge in [0.25, 0.3) is 0 Å². The summed E-state index contributed by atoms with van der Waals surface area (Å²) in [6.45, 7) is 6.63. The van der Waals surface area contributed by atoms with Crippen LogP contribution in [0.4, 0.5) is 0 Å². The first-order valence-electron chi connectivity index (χ1n) is 2.86. The van der Waals surface area contributed by atoms with Crippen LogP contribution in [0.15, 0.2) is 12.2 Å². The molecular weight excluding hydrogens is 114 g/mol. The molecule has 0 radical (unpaired) electrons. The molecule has 0 aromatic heterocycles. The van der Waals surface area contributed by atoms with Crippen LogP contribution < -0.4 is 0 Å². The van der Waals surface area contributed by atoms with Crippen molar-refractivity contribution in [2.24, 2.45) is 0 Å². The predicted octanol–water partition coefficient (Wildman–Crippen LogP) is 1.49. The van der Waals surface area contributed by atoms with Crippen LogP contribution in [0.5, 0.6) is 0 Å². The number of hydrogen-bond donors (Lipinski definition) is 0. The lowest BCUT2D eigenvalue weighted by molar-refractivity contribution is 0.162. The van der Waals surface area contributed by atoms with Gasteiger partial charge in [-0.1, -0.05) is 12.2 Å². The molecule has 0 heterocycles. The van der Waals surface area contributed by atoms with Crippen molar-refractivity contribution < 1.29 is 4.74 Å². The van der Waals surface area contributed by atoms with E-state index in [0.717, 1.165) is 5.57 Å². The second kappa shape index (κ2) is 5.33. The van der Waals surface area contributed by atoms with Gasteiger partial charge in [0.1, 0.15) is 0 Å². The van der Waals surface area contributed by atoms with E-state index >= 15 is 0 Å². The highest BCUT2D eigenvalue weighted by Gasteiger charge is 1.85. The Bertz CT molecular complexity index is 123. The van der Waals surface area contributed by atoms with Gasteiger partial charge < -0.3 is 4.74 Å². The molecule has 2 heteroatoms. The average molecular weight is 125 g/mol. The van der Waals surface area contributed by atoms with E-state index < -0.39 is 0 Å². The van der Waals surface area contributed by atoms with E-state index in [4.69, 9.17) is 10.00 Å². The Balaban J connectivity index is 2.94. The molecule has 50 valence electrons. The Morgan fingerprint density at radius 3 is 2.89 bits per heavy atom. The van der Waals surface area contributed by atoms with Gasteiger partial charge in [-0.05, 0) is 6.92 Å². The van der Waals surface area contributed by atoms with Crippen LogP contribution >= 0.6 is 0 Å². The molecule has 0 spiro atoms. The Morgan fingerprint density at radius 2 is 2.44 bits per heavy atom. The first-order chi connectivity index (χ1) is 4.27. The molecule has 0 N–H and O–H groups in total. The summed E-state index contributed by atoms with van der Waals surface area (Å²) >= 11 is 0. The van der Waals surface area contributed by atoms with Crippen molar-refractivity contribution in [1.82, 2.24) is 0 Å². The topological polar surface area (TPSA) is 33.0 Å². The highest BCUT2D eigenvalue weighted by Crippen LogP contribution is 1.88. The maximum Gasteiger partial charge on any atom is 0.0671 e. The van der Waals surface area contributed by atoms with Crippen molar-refractivity contribution >= 4 is 0 Å². The summed E-state index contributed by atoms with van der Waals surface area (Å²) in [5.41, 5.74) is 0.993. The molecule has 0 aliphatic heterocycles. The summed E-state index contributed by atoms with van der Waals surface area (Å²) in [5, 5.41) is 8.08. The Labute approximate surface area is 55.7 Å². The molecular formula is C7H11NO. The van der Waals surface area contributed by atoms with Crippen molar-refractivity contribution in [2.75, 3.05) is 13.2 Å². The largest absolute Gasteiger partial charge is 0.376 e. The van der Waals surface area contributed by atoms with E-state index in [1.54, 1.807) is 0 Å². The quantitative estimate of drug-likeness (QED) is 0.421. The van der Waals surface area contributed by atoms with Crippen LogP contribution in [-0.2, 0) is 4.74 Å². The normalized spacial score (nSPS) is 8.44. The monoisotopic (exact) mass is 125 g/mol. The van der Waals surface area contributed by atoms with E-state index in [0.29, 0.717) is 19.6 Å². The molecule has 0 saturated carbocycles. The van der Waals surface area contributed by atoms with Crippen LogP contribution in [-0.4, -0.2) is 13.2 Å². The van der Waals surface area contributed by atoms with Gasteiger partial charge in [0, 0.05) is 0 Å². The van der Waals surface area contributed by atoms with Gasteiger partial charge in [-0.2, -0.15) is 5.26 Å². The highest BCUT2D eigenvalue weighted by molar-refractivity contribution is 4.87. The number of rotatable bonds is 4. The van der Waals surface area contributed by atoms with Gasteiger partial charge in [-0.25, -0.2) is 0 Å².